The third-order valence-corrected chi connectivity index (χ3v) is 4.44. The molecule has 0 aromatic heterocycles. The lowest BCUT2D eigenvalue weighted by atomic mass is 10.0. The van der Waals surface area contributed by atoms with Gasteiger partial charge in [0.15, 0.2) is 5.84 Å². The van der Waals surface area contributed by atoms with Gasteiger partial charge in [-0.25, -0.2) is 13.2 Å². The van der Waals surface area contributed by atoms with Crippen molar-refractivity contribution in [3.8, 4) is 0 Å². The summed E-state index contributed by atoms with van der Waals surface area (Å²) in [6.07, 6.45) is -2.91. The topological polar surface area (TPSA) is 44.7 Å². The van der Waals surface area contributed by atoms with E-state index in [1.165, 1.54) is 11.1 Å². The number of Topliss-reactive ketones (excluding diaryl/α,β-unsaturated/α-hetero) is 1. The number of hydrazone groups is 1. The molecule has 1 saturated heterocycles. The number of alkyl halides is 2. The molecule has 0 bridgehead atoms. The fourth-order valence-corrected chi connectivity index (χ4v) is 3.13. The van der Waals surface area contributed by atoms with Gasteiger partial charge in [-0.1, -0.05) is 18.2 Å². The van der Waals surface area contributed by atoms with Gasteiger partial charge < -0.3 is 5.32 Å². The molecule has 4 rings (SSSR count). The third kappa shape index (κ3) is 1.99. The lowest BCUT2D eigenvalue weighted by Crippen LogP contribution is -2.42. The molecule has 1 aromatic carbocycles. The molecule has 1 aliphatic carbocycles. The lowest BCUT2D eigenvalue weighted by molar-refractivity contribution is -0.114. The molecule has 4 nitrogen and oxygen atoms in total. The Kier molecular flexibility index (Phi) is 2.92. The van der Waals surface area contributed by atoms with Crippen LogP contribution in [-0.2, 0) is 4.79 Å². The standard InChI is InChI=1S/C15H14F3N3O/c16-9-4-2-1-3-7(9)12-6-11(18)15-19-14(20-21(12)15)13(22)8-5-10(8)17/h1-4,8,10-12,15H,5-6H2,(H,19,20)/t8-,10-,11-,12-,15?/m0/s1. The van der Waals surface area contributed by atoms with Gasteiger partial charge in [0.25, 0.3) is 0 Å². The van der Waals surface area contributed by atoms with Crippen molar-refractivity contribution >= 4 is 11.6 Å². The maximum atomic E-state index is 14.2. The minimum absolute atomic E-state index is 0.0150. The number of hydrogen-bond acceptors (Lipinski definition) is 4. The van der Waals surface area contributed by atoms with Crippen LogP contribution in [-0.4, -0.2) is 35.1 Å². The van der Waals surface area contributed by atoms with Crippen molar-refractivity contribution in [2.45, 2.75) is 37.4 Å². The number of carbonyl (C=O) groups excluding carboxylic acids is 1. The van der Waals surface area contributed by atoms with Crippen molar-refractivity contribution in [3.05, 3.63) is 35.6 Å². The van der Waals surface area contributed by atoms with Gasteiger partial charge in [-0.15, -0.1) is 0 Å². The van der Waals surface area contributed by atoms with E-state index in [0.29, 0.717) is 5.56 Å². The number of amidine groups is 1. The molecule has 1 unspecified atom stereocenters. The van der Waals surface area contributed by atoms with Gasteiger partial charge in [0.05, 0.1) is 12.0 Å². The van der Waals surface area contributed by atoms with E-state index in [9.17, 15) is 18.0 Å². The van der Waals surface area contributed by atoms with E-state index >= 15 is 0 Å². The van der Waals surface area contributed by atoms with Gasteiger partial charge in [0, 0.05) is 12.0 Å². The van der Waals surface area contributed by atoms with Crippen LogP contribution < -0.4 is 5.32 Å². The number of ketones is 1. The van der Waals surface area contributed by atoms with E-state index in [4.69, 9.17) is 0 Å². The highest BCUT2D eigenvalue weighted by Crippen LogP contribution is 2.41. The van der Waals surface area contributed by atoms with E-state index in [1.807, 2.05) is 0 Å². The van der Waals surface area contributed by atoms with E-state index in [-0.39, 0.29) is 18.7 Å². The number of nitrogens with zero attached hydrogens (tertiary/aromatic N) is 2. The summed E-state index contributed by atoms with van der Waals surface area (Å²) in [6.45, 7) is 0. The second-order valence-corrected chi connectivity index (χ2v) is 5.93. The molecule has 116 valence electrons. The number of nitrogens with one attached hydrogen (secondary N) is 1. The van der Waals surface area contributed by atoms with Gasteiger partial charge in [0.1, 0.15) is 24.3 Å². The van der Waals surface area contributed by atoms with Crippen LogP contribution in [0.1, 0.15) is 24.4 Å². The van der Waals surface area contributed by atoms with Crippen molar-refractivity contribution in [2.75, 3.05) is 0 Å². The Morgan fingerprint density at radius 2 is 1.95 bits per heavy atom. The normalized spacial score (nSPS) is 35.9. The monoisotopic (exact) mass is 309 g/mol. The Labute approximate surface area is 125 Å². The second-order valence-electron chi connectivity index (χ2n) is 5.93. The fourth-order valence-electron chi connectivity index (χ4n) is 3.13. The molecule has 0 amide bonds. The van der Waals surface area contributed by atoms with Crippen molar-refractivity contribution in [1.82, 2.24) is 10.3 Å². The highest BCUT2D eigenvalue weighted by Gasteiger charge is 2.51. The Bertz CT molecular complexity index is 665. The first-order valence-corrected chi connectivity index (χ1v) is 7.26. The average molecular weight is 309 g/mol. The molecular weight excluding hydrogens is 295 g/mol. The fraction of sp³-hybridized carbons (Fsp3) is 0.467. The average Bonchev–Trinajstić information content (AvgIpc) is 2.95. The zero-order valence-corrected chi connectivity index (χ0v) is 11.5. The third-order valence-electron chi connectivity index (χ3n) is 4.44. The number of carbonyl (C=O) groups is 1. The summed E-state index contributed by atoms with van der Waals surface area (Å²) in [6, 6.07) is 5.57. The summed E-state index contributed by atoms with van der Waals surface area (Å²) in [5, 5.41) is 8.23. The van der Waals surface area contributed by atoms with Crippen LogP contribution in [0.2, 0.25) is 0 Å². The van der Waals surface area contributed by atoms with Crippen molar-refractivity contribution in [3.63, 3.8) is 0 Å². The van der Waals surface area contributed by atoms with E-state index in [1.54, 1.807) is 18.2 Å². The molecule has 7 heteroatoms. The Morgan fingerprint density at radius 1 is 1.23 bits per heavy atom. The van der Waals surface area contributed by atoms with Crippen molar-refractivity contribution in [2.24, 2.45) is 11.0 Å². The molecule has 2 heterocycles. The molecule has 0 spiro atoms. The van der Waals surface area contributed by atoms with Crippen LogP contribution in [0.4, 0.5) is 13.2 Å². The number of hydrogen-bond donors (Lipinski definition) is 1. The molecular formula is C15H14F3N3O. The predicted molar refractivity (Wildman–Crippen MR) is 72.9 cm³/mol. The van der Waals surface area contributed by atoms with Gasteiger partial charge in [0.2, 0.25) is 5.78 Å². The summed E-state index contributed by atoms with van der Waals surface area (Å²) < 4.78 is 41.1. The number of fused-ring (bicyclic) bond motifs is 1. The molecule has 2 fully saturated rings. The quantitative estimate of drug-likeness (QED) is 0.930. The molecule has 22 heavy (non-hydrogen) atoms. The van der Waals surface area contributed by atoms with Gasteiger partial charge in [-0.05, 0) is 12.5 Å². The number of benzene rings is 1. The lowest BCUT2D eigenvalue weighted by Gasteiger charge is -2.22. The van der Waals surface area contributed by atoms with Crippen LogP contribution in [0.15, 0.2) is 29.4 Å². The number of halogens is 3. The Hall–Kier alpha value is -2.05. The smallest absolute Gasteiger partial charge is 0.205 e. The molecule has 5 atom stereocenters. The van der Waals surface area contributed by atoms with Crippen LogP contribution in [0.25, 0.3) is 0 Å². The van der Waals surface area contributed by atoms with Crippen LogP contribution in [0, 0.1) is 11.7 Å². The first-order valence-electron chi connectivity index (χ1n) is 7.26. The van der Waals surface area contributed by atoms with Gasteiger partial charge >= 0.3 is 0 Å². The minimum Gasteiger partial charge on any atom is -0.342 e. The summed E-state index contributed by atoms with van der Waals surface area (Å²) in [4.78, 5) is 12.0. The Morgan fingerprint density at radius 3 is 2.64 bits per heavy atom. The van der Waals surface area contributed by atoms with Crippen LogP contribution in [0.5, 0.6) is 0 Å². The number of rotatable bonds is 3. The zero-order valence-electron chi connectivity index (χ0n) is 11.5. The molecule has 2 aliphatic heterocycles. The molecule has 1 aromatic rings. The SMILES string of the molecule is O=C(C1=NN2C(N1)[C@@H](F)C[C@H]2c1ccccc1F)[C@H]1C[C@@H]1F. The van der Waals surface area contributed by atoms with Crippen molar-refractivity contribution in [1.29, 1.82) is 0 Å². The summed E-state index contributed by atoms with van der Waals surface area (Å²) >= 11 is 0. The van der Waals surface area contributed by atoms with E-state index in [0.717, 1.165) is 0 Å². The first-order chi connectivity index (χ1) is 10.6. The van der Waals surface area contributed by atoms with Crippen molar-refractivity contribution < 1.29 is 18.0 Å². The summed E-state index contributed by atoms with van der Waals surface area (Å²) in [5.41, 5.74) is 0.349. The predicted octanol–water partition coefficient (Wildman–Crippen LogP) is 2.08. The highest BCUT2D eigenvalue weighted by molar-refractivity contribution is 6.40. The second kappa shape index (κ2) is 4.72. The summed E-state index contributed by atoms with van der Waals surface area (Å²) in [7, 11) is 0. The zero-order chi connectivity index (χ0) is 15.4. The van der Waals surface area contributed by atoms with E-state index in [2.05, 4.69) is 10.4 Å². The minimum atomic E-state index is -1.28. The largest absolute Gasteiger partial charge is 0.342 e. The van der Waals surface area contributed by atoms with Crippen LogP contribution >= 0.6 is 0 Å². The first kappa shape index (κ1) is 13.6. The van der Waals surface area contributed by atoms with E-state index < -0.39 is 42.1 Å². The maximum absolute atomic E-state index is 14.2. The molecule has 1 N–H and O–H groups in total. The van der Waals surface area contributed by atoms with Gasteiger partial charge in [-0.2, -0.15) is 5.10 Å². The van der Waals surface area contributed by atoms with Crippen LogP contribution in [0.3, 0.4) is 0 Å². The molecule has 1 saturated carbocycles. The molecule has 3 aliphatic rings. The summed E-state index contributed by atoms with van der Waals surface area (Å²) in [5.74, 6) is -1.54. The van der Waals surface area contributed by atoms with Gasteiger partial charge in [-0.3, -0.25) is 9.80 Å². The highest BCUT2D eigenvalue weighted by atomic mass is 19.1. The Balaban J connectivity index is 1.62. The maximum Gasteiger partial charge on any atom is 0.205 e. The molecule has 0 radical (unpaired) electrons.